The Balaban J connectivity index is 1.60. The van der Waals surface area contributed by atoms with E-state index in [9.17, 15) is 0 Å². The molecule has 0 radical (unpaired) electrons. The molecule has 2 aliphatic rings. The van der Waals surface area contributed by atoms with Crippen molar-refractivity contribution in [2.24, 2.45) is 0 Å². The smallest absolute Gasteiger partial charge is 0.0209 e. The molecule has 0 saturated carbocycles. The summed E-state index contributed by atoms with van der Waals surface area (Å²) >= 11 is 0. The molecule has 2 nitrogen and oxygen atoms in total. The van der Waals surface area contributed by atoms with Gasteiger partial charge in [0.1, 0.15) is 0 Å². The fraction of sp³-hybridized carbons (Fsp3) is 0.647. The molecule has 1 aliphatic heterocycles. The SMILES string of the molecule is CC(C)NC1CCN(C2CCc3ccccc3C2)C1. The van der Waals surface area contributed by atoms with Gasteiger partial charge in [-0.3, -0.25) is 4.90 Å². The molecule has 3 rings (SSSR count). The standard InChI is InChI=1S/C17H26N2/c1-13(2)18-16-9-10-19(12-16)17-8-7-14-5-3-4-6-15(14)11-17/h3-6,13,16-18H,7-12H2,1-2H3. The molecule has 0 amide bonds. The van der Waals surface area contributed by atoms with Crippen molar-refractivity contribution in [2.75, 3.05) is 13.1 Å². The maximum Gasteiger partial charge on any atom is 0.0209 e. The molecule has 2 unspecified atom stereocenters. The van der Waals surface area contributed by atoms with Crippen LogP contribution in [-0.4, -0.2) is 36.1 Å². The summed E-state index contributed by atoms with van der Waals surface area (Å²) in [7, 11) is 0. The molecule has 1 heterocycles. The zero-order valence-corrected chi connectivity index (χ0v) is 12.2. The first kappa shape index (κ1) is 13.1. The minimum Gasteiger partial charge on any atom is -0.310 e. The second-order valence-corrected chi connectivity index (χ2v) is 6.47. The highest BCUT2D eigenvalue weighted by atomic mass is 15.2. The van der Waals surface area contributed by atoms with Crippen LogP contribution in [0.1, 0.15) is 37.8 Å². The van der Waals surface area contributed by atoms with Crippen LogP contribution in [0.15, 0.2) is 24.3 Å². The Morgan fingerprint density at radius 1 is 1.16 bits per heavy atom. The number of benzene rings is 1. The molecule has 19 heavy (non-hydrogen) atoms. The first-order valence-corrected chi connectivity index (χ1v) is 7.79. The van der Waals surface area contributed by atoms with E-state index < -0.39 is 0 Å². The predicted octanol–water partition coefficient (Wildman–Crippen LogP) is 2.62. The molecular weight excluding hydrogens is 232 g/mol. The van der Waals surface area contributed by atoms with Gasteiger partial charge in [0.05, 0.1) is 0 Å². The Kier molecular flexibility index (Phi) is 3.90. The number of hydrogen-bond acceptors (Lipinski definition) is 2. The van der Waals surface area contributed by atoms with Crippen LogP contribution in [0.5, 0.6) is 0 Å². The summed E-state index contributed by atoms with van der Waals surface area (Å²) in [5, 5.41) is 3.69. The maximum absolute atomic E-state index is 3.69. The lowest BCUT2D eigenvalue weighted by Crippen LogP contribution is -2.41. The zero-order chi connectivity index (χ0) is 13.2. The number of nitrogens with one attached hydrogen (secondary N) is 1. The molecule has 1 aromatic rings. The van der Waals surface area contributed by atoms with Crippen molar-refractivity contribution < 1.29 is 0 Å². The summed E-state index contributed by atoms with van der Waals surface area (Å²) in [5.41, 5.74) is 3.16. The van der Waals surface area contributed by atoms with E-state index in [1.807, 2.05) is 0 Å². The van der Waals surface area contributed by atoms with Gasteiger partial charge in [-0.2, -0.15) is 0 Å². The predicted molar refractivity (Wildman–Crippen MR) is 80.5 cm³/mol. The number of aryl methyl sites for hydroxylation is 1. The monoisotopic (exact) mass is 258 g/mol. The Bertz CT molecular complexity index is 427. The average molecular weight is 258 g/mol. The number of rotatable bonds is 3. The van der Waals surface area contributed by atoms with E-state index in [1.165, 1.54) is 38.8 Å². The molecular formula is C17H26N2. The highest BCUT2D eigenvalue weighted by molar-refractivity contribution is 5.30. The van der Waals surface area contributed by atoms with Crippen LogP contribution in [0, 0.1) is 0 Å². The summed E-state index contributed by atoms with van der Waals surface area (Å²) in [6.07, 6.45) is 5.17. The van der Waals surface area contributed by atoms with Crippen LogP contribution in [0.3, 0.4) is 0 Å². The van der Waals surface area contributed by atoms with E-state index in [0.29, 0.717) is 12.1 Å². The molecule has 1 aromatic carbocycles. The maximum atomic E-state index is 3.69. The van der Waals surface area contributed by atoms with Gasteiger partial charge >= 0.3 is 0 Å². The second kappa shape index (κ2) is 5.64. The number of fused-ring (bicyclic) bond motifs is 1. The van der Waals surface area contributed by atoms with E-state index in [2.05, 4.69) is 48.3 Å². The second-order valence-electron chi connectivity index (χ2n) is 6.47. The summed E-state index contributed by atoms with van der Waals surface area (Å²) in [4.78, 5) is 2.72. The third-order valence-corrected chi connectivity index (χ3v) is 4.63. The fourth-order valence-electron chi connectivity index (χ4n) is 3.72. The Morgan fingerprint density at radius 2 is 1.95 bits per heavy atom. The average Bonchev–Trinajstić information content (AvgIpc) is 2.86. The van der Waals surface area contributed by atoms with Gasteiger partial charge in [0.25, 0.3) is 0 Å². The van der Waals surface area contributed by atoms with Crippen molar-refractivity contribution in [3.63, 3.8) is 0 Å². The first-order chi connectivity index (χ1) is 9.22. The molecule has 1 N–H and O–H groups in total. The van der Waals surface area contributed by atoms with Gasteiger partial charge < -0.3 is 5.32 Å². The first-order valence-electron chi connectivity index (χ1n) is 7.79. The van der Waals surface area contributed by atoms with E-state index >= 15 is 0 Å². The van der Waals surface area contributed by atoms with E-state index in [1.54, 1.807) is 11.1 Å². The molecule has 1 fully saturated rings. The molecule has 2 atom stereocenters. The van der Waals surface area contributed by atoms with Crippen molar-refractivity contribution in [1.29, 1.82) is 0 Å². The molecule has 0 aromatic heterocycles. The normalized spacial score (nSPS) is 27.7. The van der Waals surface area contributed by atoms with Crippen LogP contribution >= 0.6 is 0 Å². The van der Waals surface area contributed by atoms with Gasteiger partial charge in [-0.25, -0.2) is 0 Å². The Hall–Kier alpha value is -0.860. The van der Waals surface area contributed by atoms with E-state index in [-0.39, 0.29) is 0 Å². The van der Waals surface area contributed by atoms with Crippen molar-refractivity contribution in [2.45, 2.75) is 57.7 Å². The number of likely N-dealkylation sites (tertiary alicyclic amines) is 1. The quantitative estimate of drug-likeness (QED) is 0.896. The molecule has 2 heteroatoms. The Morgan fingerprint density at radius 3 is 2.74 bits per heavy atom. The van der Waals surface area contributed by atoms with Gasteiger partial charge in [0.2, 0.25) is 0 Å². The topological polar surface area (TPSA) is 15.3 Å². The van der Waals surface area contributed by atoms with Crippen LogP contribution < -0.4 is 5.32 Å². The number of hydrogen-bond donors (Lipinski definition) is 1. The van der Waals surface area contributed by atoms with E-state index in [4.69, 9.17) is 0 Å². The van der Waals surface area contributed by atoms with Gasteiger partial charge in [-0.15, -0.1) is 0 Å². The van der Waals surface area contributed by atoms with E-state index in [0.717, 1.165) is 6.04 Å². The van der Waals surface area contributed by atoms with Gasteiger partial charge in [-0.1, -0.05) is 38.1 Å². The highest BCUT2D eigenvalue weighted by Crippen LogP contribution is 2.26. The molecule has 104 valence electrons. The van der Waals surface area contributed by atoms with Crippen LogP contribution in [0.25, 0.3) is 0 Å². The third kappa shape index (κ3) is 3.01. The van der Waals surface area contributed by atoms with Crippen molar-refractivity contribution in [1.82, 2.24) is 10.2 Å². The lowest BCUT2D eigenvalue weighted by atomic mass is 9.88. The summed E-state index contributed by atoms with van der Waals surface area (Å²) in [6.45, 7) is 7.02. The third-order valence-electron chi connectivity index (χ3n) is 4.63. The van der Waals surface area contributed by atoms with Crippen molar-refractivity contribution in [3.05, 3.63) is 35.4 Å². The van der Waals surface area contributed by atoms with Crippen molar-refractivity contribution >= 4 is 0 Å². The summed E-state index contributed by atoms with van der Waals surface area (Å²) < 4.78 is 0. The minimum atomic E-state index is 0.608. The Labute approximate surface area is 117 Å². The lowest BCUT2D eigenvalue weighted by Gasteiger charge is -2.32. The van der Waals surface area contributed by atoms with Gasteiger partial charge in [0.15, 0.2) is 0 Å². The van der Waals surface area contributed by atoms with Crippen molar-refractivity contribution in [3.8, 4) is 0 Å². The highest BCUT2D eigenvalue weighted by Gasteiger charge is 2.30. The van der Waals surface area contributed by atoms with Crippen LogP contribution in [0.2, 0.25) is 0 Å². The number of nitrogens with zero attached hydrogens (tertiary/aromatic N) is 1. The minimum absolute atomic E-state index is 0.608. The molecule has 1 aliphatic carbocycles. The lowest BCUT2D eigenvalue weighted by molar-refractivity contribution is 0.216. The largest absolute Gasteiger partial charge is 0.310 e. The molecule has 0 spiro atoms. The summed E-state index contributed by atoms with van der Waals surface area (Å²) in [5.74, 6) is 0. The van der Waals surface area contributed by atoms with Crippen LogP contribution in [0.4, 0.5) is 0 Å². The van der Waals surface area contributed by atoms with Crippen LogP contribution in [-0.2, 0) is 12.8 Å². The molecule has 0 bridgehead atoms. The van der Waals surface area contributed by atoms with Gasteiger partial charge in [-0.05, 0) is 36.8 Å². The molecule has 1 saturated heterocycles. The fourth-order valence-corrected chi connectivity index (χ4v) is 3.72. The summed E-state index contributed by atoms with van der Waals surface area (Å²) in [6, 6.07) is 11.1. The van der Waals surface area contributed by atoms with Gasteiger partial charge in [0, 0.05) is 31.2 Å². The zero-order valence-electron chi connectivity index (χ0n) is 12.2.